The van der Waals surface area contributed by atoms with E-state index in [9.17, 15) is 4.79 Å². The normalized spacial score (nSPS) is 34.6. The average molecular weight is 253 g/mol. The van der Waals surface area contributed by atoms with Crippen molar-refractivity contribution >= 4 is 5.97 Å². The highest BCUT2D eigenvalue weighted by Crippen LogP contribution is 2.35. The lowest BCUT2D eigenvalue weighted by atomic mass is 10.1. The summed E-state index contributed by atoms with van der Waals surface area (Å²) >= 11 is 0. The minimum atomic E-state index is -0.288. The summed E-state index contributed by atoms with van der Waals surface area (Å²) in [6.45, 7) is 2.41. The number of carbonyl (C=O) groups excluding carboxylic acids is 1. The first-order valence-corrected chi connectivity index (χ1v) is 6.08. The van der Waals surface area contributed by atoms with E-state index in [4.69, 9.17) is 14.2 Å². The molecule has 98 valence electrons. The molecule has 1 aromatic heterocycles. The fourth-order valence-corrected chi connectivity index (χ4v) is 2.68. The Bertz CT molecular complexity index is 459. The molecule has 6 heteroatoms. The Balaban J connectivity index is 1.74. The smallest absolute Gasteiger partial charge is 0.303 e. The Morgan fingerprint density at radius 3 is 2.83 bits per heavy atom. The second kappa shape index (κ2) is 4.37. The molecule has 2 aliphatic heterocycles. The van der Waals surface area contributed by atoms with E-state index in [1.807, 2.05) is 30.3 Å². The molecule has 0 aliphatic carbocycles. The van der Waals surface area contributed by atoms with Crippen molar-refractivity contribution in [1.29, 1.82) is 0 Å². The maximum atomic E-state index is 11.0. The van der Waals surface area contributed by atoms with Crippen molar-refractivity contribution in [2.45, 2.75) is 31.3 Å². The number of carbonyl (C=O) groups is 1. The van der Waals surface area contributed by atoms with Crippen molar-refractivity contribution in [2.75, 3.05) is 13.2 Å². The number of ether oxygens (including phenoxy) is 3. The van der Waals surface area contributed by atoms with Gasteiger partial charge in [-0.2, -0.15) is 0 Å². The van der Waals surface area contributed by atoms with E-state index in [2.05, 4.69) is 4.57 Å². The minimum absolute atomic E-state index is 0.0400. The van der Waals surface area contributed by atoms with E-state index in [1.165, 1.54) is 6.92 Å². The monoisotopic (exact) mass is 253 g/mol. The second-order valence-corrected chi connectivity index (χ2v) is 4.84. The quantitative estimate of drug-likeness (QED) is 0.531. The third kappa shape index (κ3) is 1.91. The molecule has 0 saturated carbocycles. The van der Waals surface area contributed by atoms with Gasteiger partial charge in [0.25, 0.3) is 0 Å². The van der Waals surface area contributed by atoms with Crippen LogP contribution in [0.25, 0.3) is 0 Å². The molecule has 0 radical (unpaired) electrons. The van der Waals surface area contributed by atoms with Crippen LogP contribution >= 0.6 is 0 Å². The predicted octanol–water partition coefficient (Wildman–Crippen LogP) is -0.417. The molecule has 6 nitrogen and oxygen atoms in total. The molecule has 0 N–H and O–H groups in total. The first-order valence-electron chi connectivity index (χ1n) is 6.08. The number of aryl methyl sites for hydroxylation is 1. The molecule has 0 amide bonds. The van der Waals surface area contributed by atoms with Gasteiger partial charge in [-0.05, 0) is 0 Å². The molecule has 2 fully saturated rings. The largest absolute Gasteiger partial charge is 0.457 e. The fraction of sp³-hybridized carbons (Fsp3) is 0.667. The van der Waals surface area contributed by atoms with Crippen LogP contribution in [-0.2, 0) is 26.1 Å². The van der Waals surface area contributed by atoms with E-state index < -0.39 is 0 Å². The number of imidazole rings is 1. The van der Waals surface area contributed by atoms with Gasteiger partial charge in [-0.25, -0.2) is 9.13 Å². The zero-order valence-electron chi connectivity index (χ0n) is 10.5. The summed E-state index contributed by atoms with van der Waals surface area (Å²) in [7, 11) is 1.97. The number of aromatic nitrogens is 2. The van der Waals surface area contributed by atoms with E-state index in [-0.39, 0.29) is 30.3 Å². The highest BCUT2D eigenvalue weighted by Gasteiger charge is 2.51. The van der Waals surface area contributed by atoms with Crippen LogP contribution in [0.1, 0.15) is 13.0 Å². The van der Waals surface area contributed by atoms with Crippen molar-refractivity contribution in [2.24, 2.45) is 7.05 Å². The molecule has 3 heterocycles. The summed E-state index contributed by atoms with van der Waals surface area (Å²) in [5.74, 6) is -0.288. The zero-order chi connectivity index (χ0) is 12.7. The van der Waals surface area contributed by atoms with Crippen LogP contribution in [0.4, 0.5) is 0 Å². The number of rotatable bonds is 2. The molecule has 3 rings (SSSR count). The molecule has 0 spiro atoms. The predicted molar refractivity (Wildman–Crippen MR) is 59.7 cm³/mol. The summed E-state index contributed by atoms with van der Waals surface area (Å²) in [5, 5.41) is 0. The Morgan fingerprint density at radius 1 is 1.39 bits per heavy atom. The number of esters is 1. The molecule has 18 heavy (non-hydrogen) atoms. The number of nitrogens with zero attached hydrogens (tertiary/aromatic N) is 2. The first kappa shape index (κ1) is 11.7. The van der Waals surface area contributed by atoms with Crippen molar-refractivity contribution in [1.82, 2.24) is 4.57 Å². The van der Waals surface area contributed by atoms with E-state index in [0.717, 1.165) is 0 Å². The SMILES string of the molecule is CC(=O)O[C@@H]1CO[C@H]2[C@@H]1OC[C@@H]2n1cc[n+](C)c1. The Hall–Kier alpha value is -1.40. The lowest BCUT2D eigenvalue weighted by Crippen LogP contribution is -2.33. The lowest BCUT2D eigenvalue weighted by Gasteiger charge is -2.15. The molecule has 2 aliphatic rings. The number of hydrogen-bond acceptors (Lipinski definition) is 4. The molecule has 0 bridgehead atoms. The van der Waals surface area contributed by atoms with Gasteiger partial charge in [0.2, 0.25) is 6.33 Å². The Labute approximate surface area is 105 Å². The maximum Gasteiger partial charge on any atom is 0.303 e. The summed E-state index contributed by atoms with van der Waals surface area (Å²) in [6.07, 6.45) is 5.51. The highest BCUT2D eigenvalue weighted by molar-refractivity contribution is 5.66. The van der Waals surface area contributed by atoms with Crippen LogP contribution in [0.15, 0.2) is 18.7 Å². The zero-order valence-corrected chi connectivity index (χ0v) is 10.5. The van der Waals surface area contributed by atoms with Gasteiger partial charge in [0.1, 0.15) is 24.6 Å². The highest BCUT2D eigenvalue weighted by atomic mass is 16.6. The van der Waals surface area contributed by atoms with Gasteiger partial charge in [-0.15, -0.1) is 0 Å². The van der Waals surface area contributed by atoms with Crippen molar-refractivity contribution in [3.05, 3.63) is 18.7 Å². The molecule has 2 saturated heterocycles. The van der Waals surface area contributed by atoms with Gasteiger partial charge < -0.3 is 14.2 Å². The second-order valence-electron chi connectivity index (χ2n) is 4.84. The molecule has 1 aromatic rings. The van der Waals surface area contributed by atoms with E-state index >= 15 is 0 Å². The third-order valence-corrected chi connectivity index (χ3v) is 3.47. The van der Waals surface area contributed by atoms with Crippen molar-refractivity contribution in [3.8, 4) is 0 Å². The van der Waals surface area contributed by atoms with Crippen LogP contribution in [0, 0.1) is 0 Å². The van der Waals surface area contributed by atoms with Crippen LogP contribution in [0.5, 0.6) is 0 Å². The Morgan fingerprint density at radius 2 is 2.17 bits per heavy atom. The molecule has 0 aromatic carbocycles. The van der Waals surface area contributed by atoms with Crippen molar-refractivity contribution in [3.63, 3.8) is 0 Å². The topological polar surface area (TPSA) is 53.6 Å². The summed E-state index contributed by atoms with van der Waals surface area (Å²) in [4.78, 5) is 11.0. The summed E-state index contributed by atoms with van der Waals surface area (Å²) in [6, 6.07) is 0.150. The lowest BCUT2D eigenvalue weighted by molar-refractivity contribution is -0.671. The molecule has 4 atom stereocenters. The summed E-state index contributed by atoms with van der Waals surface area (Å²) < 4.78 is 20.7. The summed E-state index contributed by atoms with van der Waals surface area (Å²) in [5.41, 5.74) is 0. The van der Waals surface area contributed by atoms with Crippen LogP contribution in [-0.4, -0.2) is 42.1 Å². The number of hydrogen-bond donors (Lipinski definition) is 0. The van der Waals surface area contributed by atoms with Gasteiger partial charge >= 0.3 is 5.97 Å². The van der Waals surface area contributed by atoms with Gasteiger partial charge in [0, 0.05) is 6.92 Å². The van der Waals surface area contributed by atoms with Gasteiger partial charge in [0.05, 0.1) is 20.3 Å². The average Bonchev–Trinajstić information content (AvgIpc) is 2.95. The van der Waals surface area contributed by atoms with Gasteiger partial charge in [-0.1, -0.05) is 0 Å². The Kier molecular flexibility index (Phi) is 2.83. The van der Waals surface area contributed by atoms with Gasteiger partial charge in [0.15, 0.2) is 12.1 Å². The fourth-order valence-electron chi connectivity index (χ4n) is 2.68. The van der Waals surface area contributed by atoms with E-state index in [0.29, 0.717) is 13.2 Å². The van der Waals surface area contributed by atoms with Crippen LogP contribution < -0.4 is 4.57 Å². The van der Waals surface area contributed by atoms with Crippen LogP contribution in [0.3, 0.4) is 0 Å². The van der Waals surface area contributed by atoms with Crippen molar-refractivity contribution < 1.29 is 23.6 Å². The first-order chi connectivity index (χ1) is 8.65. The van der Waals surface area contributed by atoms with Crippen LogP contribution in [0.2, 0.25) is 0 Å². The maximum absolute atomic E-state index is 11.0. The molecular weight excluding hydrogens is 236 g/mol. The molecule has 0 unspecified atom stereocenters. The molecular formula is C12H17N2O4+. The third-order valence-electron chi connectivity index (χ3n) is 3.47. The standard InChI is InChI=1S/C12H17N2O4/c1-8(15)18-10-6-17-11-9(5-16-12(10)11)14-4-3-13(2)7-14/h3-4,7,9-12H,5-6H2,1-2H3/q+1/t9-,10+,11+,12+/m0/s1. The minimum Gasteiger partial charge on any atom is -0.457 e. The number of fused-ring (bicyclic) bond motifs is 1. The van der Waals surface area contributed by atoms with E-state index in [1.54, 1.807) is 0 Å². The van der Waals surface area contributed by atoms with Gasteiger partial charge in [-0.3, -0.25) is 4.79 Å².